The summed E-state index contributed by atoms with van der Waals surface area (Å²) < 4.78 is 8.50. The lowest BCUT2D eigenvalue weighted by Crippen LogP contribution is -2.47. The summed E-state index contributed by atoms with van der Waals surface area (Å²) in [6.07, 6.45) is 3.77. The molecule has 9 heteroatoms. The number of benzene rings is 1. The van der Waals surface area contributed by atoms with Gasteiger partial charge < -0.3 is 4.74 Å². The number of fused-ring (bicyclic) bond motifs is 1. The summed E-state index contributed by atoms with van der Waals surface area (Å²) in [6.45, 7) is 7.89. The van der Waals surface area contributed by atoms with Crippen molar-refractivity contribution in [2.24, 2.45) is 0 Å². The van der Waals surface area contributed by atoms with Gasteiger partial charge in [-0.25, -0.2) is 4.79 Å². The monoisotopic (exact) mass is 439 g/mol. The second kappa shape index (κ2) is 7.81. The molecule has 0 aliphatic carbocycles. The van der Waals surface area contributed by atoms with Crippen LogP contribution < -0.4 is 16.0 Å². The first-order chi connectivity index (χ1) is 14.7. The zero-order valence-electron chi connectivity index (χ0n) is 18.2. The van der Waals surface area contributed by atoms with Crippen molar-refractivity contribution in [3.8, 4) is 10.8 Å². The zero-order chi connectivity index (χ0) is 22.3. The maximum atomic E-state index is 13.5. The first-order valence-corrected chi connectivity index (χ1v) is 10.8. The van der Waals surface area contributed by atoms with Gasteiger partial charge in [0, 0.05) is 17.6 Å². The number of thiophene rings is 1. The molecule has 0 unspecified atom stereocenters. The summed E-state index contributed by atoms with van der Waals surface area (Å²) in [4.78, 5) is 29.0. The number of para-hydroxylation sites is 1. The third-order valence-electron chi connectivity index (χ3n) is 5.26. The smallest absolute Gasteiger partial charge is 0.332 e. The lowest BCUT2D eigenvalue weighted by atomic mass is 10.1. The summed E-state index contributed by atoms with van der Waals surface area (Å²) >= 11 is 1.36. The Morgan fingerprint density at radius 1 is 1.10 bits per heavy atom. The van der Waals surface area contributed by atoms with Crippen LogP contribution in [-0.4, -0.2) is 31.2 Å². The Bertz CT molecular complexity index is 1360. The average molecular weight is 440 g/mol. The third-order valence-corrected chi connectivity index (χ3v) is 6.54. The van der Waals surface area contributed by atoms with Crippen LogP contribution in [0.25, 0.3) is 15.2 Å². The van der Waals surface area contributed by atoms with Crippen molar-refractivity contribution in [1.82, 2.24) is 24.1 Å². The molecule has 1 aromatic carbocycles. The van der Waals surface area contributed by atoms with Gasteiger partial charge >= 0.3 is 5.69 Å². The number of aromatic nitrogens is 5. The molecular weight excluding hydrogens is 414 g/mol. The van der Waals surface area contributed by atoms with Gasteiger partial charge in [-0.2, -0.15) is 10.2 Å². The first kappa shape index (κ1) is 21.0. The molecule has 0 aliphatic rings. The van der Waals surface area contributed by atoms with Crippen LogP contribution in [0.15, 0.2) is 46.2 Å². The molecule has 4 rings (SSSR count). The van der Waals surface area contributed by atoms with Gasteiger partial charge in [-0.3, -0.25) is 13.9 Å². The van der Waals surface area contributed by atoms with Crippen LogP contribution in [0.3, 0.4) is 0 Å². The maximum absolute atomic E-state index is 13.5. The minimum absolute atomic E-state index is 0.284. The second-order valence-electron chi connectivity index (χ2n) is 8.34. The fourth-order valence-electron chi connectivity index (χ4n) is 3.78. The molecule has 0 bridgehead atoms. The van der Waals surface area contributed by atoms with Gasteiger partial charge in [0.15, 0.2) is 0 Å². The number of nitrogens with zero attached hydrogens (tertiary/aromatic N) is 5. The van der Waals surface area contributed by atoms with Gasteiger partial charge in [0.25, 0.3) is 5.56 Å². The van der Waals surface area contributed by atoms with Crippen LogP contribution in [0.4, 0.5) is 0 Å². The molecule has 4 aromatic rings. The molecule has 3 heterocycles. The van der Waals surface area contributed by atoms with Crippen LogP contribution in [0.1, 0.15) is 31.9 Å². The highest BCUT2D eigenvalue weighted by atomic mass is 32.1. The molecule has 0 amide bonds. The third kappa shape index (κ3) is 3.59. The Morgan fingerprint density at radius 3 is 2.42 bits per heavy atom. The number of rotatable bonds is 5. The first-order valence-electron chi connectivity index (χ1n) is 10.0. The number of methoxy groups -OCH3 is 1. The lowest BCUT2D eigenvalue weighted by molar-refractivity contribution is 0.358. The Morgan fingerprint density at radius 2 is 1.77 bits per heavy atom. The second-order valence-corrected chi connectivity index (χ2v) is 9.32. The fraction of sp³-hybridized carbons (Fsp3) is 0.364. The van der Waals surface area contributed by atoms with Crippen LogP contribution in [-0.2, 0) is 18.5 Å². The molecule has 0 N–H and O–H groups in total. The van der Waals surface area contributed by atoms with Crippen molar-refractivity contribution >= 4 is 21.6 Å². The van der Waals surface area contributed by atoms with Gasteiger partial charge in [-0.1, -0.05) is 29.5 Å². The highest BCUT2D eigenvalue weighted by Crippen LogP contribution is 2.31. The molecule has 0 radical (unpaired) electrons. The number of aryl methyl sites for hydroxylation is 3. The molecular formula is C22H25N5O3S. The molecule has 162 valence electrons. The molecule has 0 aliphatic heterocycles. The molecule has 0 fully saturated rings. The molecule has 0 spiro atoms. The quantitative estimate of drug-likeness (QED) is 0.477. The van der Waals surface area contributed by atoms with E-state index in [-0.39, 0.29) is 11.2 Å². The highest BCUT2D eigenvalue weighted by molar-refractivity contribution is 7.21. The van der Waals surface area contributed by atoms with Crippen molar-refractivity contribution in [2.45, 2.75) is 46.2 Å². The summed E-state index contributed by atoms with van der Waals surface area (Å²) in [7, 11) is 1.63. The normalized spacial score (nSPS) is 11.9. The molecule has 31 heavy (non-hydrogen) atoms. The molecule has 0 atom stereocenters. The summed E-state index contributed by atoms with van der Waals surface area (Å²) in [5.41, 5.74) is 0.507. The SMILES string of the molecule is COc1ccccc1CCn1c(=O)n(C(C)(C)C)c(=O)c2c(C)c(-n3nccn3)sc21. The van der Waals surface area contributed by atoms with Crippen LogP contribution >= 0.6 is 11.3 Å². The van der Waals surface area contributed by atoms with Crippen molar-refractivity contribution in [2.75, 3.05) is 7.11 Å². The molecule has 0 saturated carbocycles. The number of hydrogen-bond acceptors (Lipinski definition) is 6. The van der Waals surface area contributed by atoms with E-state index in [1.807, 2.05) is 52.0 Å². The summed E-state index contributed by atoms with van der Waals surface area (Å²) in [6, 6.07) is 7.75. The highest BCUT2D eigenvalue weighted by Gasteiger charge is 2.26. The van der Waals surface area contributed by atoms with Gasteiger partial charge in [-0.05, 0) is 45.7 Å². The largest absolute Gasteiger partial charge is 0.496 e. The fourth-order valence-corrected chi connectivity index (χ4v) is 5.01. The van der Waals surface area contributed by atoms with Gasteiger partial charge in [0.05, 0.1) is 24.9 Å². The van der Waals surface area contributed by atoms with E-state index >= 15 is 0 Å². The predicted octanol–water partition coefficient (Wildman–Crippen LogP) is 3.12. The summed E-state index contributed by atoms with van der Waals surface area (Å²) in [5, 5.41) is 9.69. The van der Waals surface area contributed by atoms with E-state index in [2.05, 4.69) is 10.2 Å². The lowest BCUT2D eigenvalue weighted by Gasteiger charge is -2.23. The minimum atomic E-state index is -0.660. The van der Waals surface area contributed by atoms with Crippen molar-refractivity contribution in [3.63, 3.8) is 0 Å². The van der Waals surface area contributed by atoms with E-state index in [4.69, 9.17) is 4.74 Å². The van der Waals surface area contributed by atoms with Crippen molar-refractivity contribution in [1.29, 1.82) is 0 Å². The standard InChI is InChI=1S/C22H25N5O3S/c1-14-17-18(28)26(22(2,3)4)21(29)25(13-10-15-8-6-7-9-16(15)30-5)20(17)31-19(14)27-23-11-12-24-27/h6-9,11-12H,10,13H2,1-5H3. The molecule has 3 aromatic heterocycles. The minimum Gasteiger partial charge on any atom is -0.496 e. The van der Waals surface area contributed by atoms with E-state index < -0.39 is 5.54 Å². The Kier molecular flexibility index (Phi) is 5.30. The zero-order valence-corrected chi connectivity index (χ0v) is 19.1. The predicted molar refractivity (Wildman–Crippen MR) is 122 cm³/mol. The van der Waals surface area contributed by atoms with Gasteiger partial charge in [0.1, 0.15) is 15.6 Å². The van der Waals surface area contributed by atoms with Gasteiger partial charge in [0.2, 0.25) is 0 Å². The van der Waals surface area contributed by atoms with E-state index in [0.717, 1.165) is 21.9 Å². The number of hydrogen-bond donors (Lipinski definition) is 0. The van der Waals surface area contributed by atoms with Crippen molar-refractivity contribution in [3.05, 3.63) is 68.6 Å². The van der Waals surface area contributed by atoms with Crippen LogP contribution in [0.5, 0.6) is 5.75 Å². The van der Waals surface area contributed by atoms with E-state index in [1.165, 1.54) is 20.7 Å². The van der Waals surface area contributed by atoms with E-state index in [9.17, 15) is 9.59 Å². The van der Waals surface area contributed by atoms with Gasteiger partial charge in [-0.15, -0.1) is 4.80 Å². The Hall–Kier alpha value is -3.20. The Balaban J connectivity index is 1.95. The van der Waals surface area contributed by atoms with E-state index in [0.29, 0.717) is 23.2 Å². The maximum Gasteiger partial charge on any atom is 0.332 e. The number of ether oxygens (including phenoxy) is 1. The summed E-state index contributed by atoms with van der Waals surface area (Å²) in [5.74, 6) is 0.778. The van der Waals surface area contributed by atoms with Crippen molar-refractivity contribution < 1.29 is 4.74 Å². The van der Waals surface area contributed by atoms with E-state index in [1.54, 1.807) is 24.1 Å². The average Bonchev–Trinajstić information content (AvgIpc) is 3.35. The Labute approximate surface area is 183 Å². The van der Waals surface area contributed by atoms with Crippen LogP contribution in [0, 0.1) is 6.92 Å². The molecule has 8 nitrogen and oxygen atoms in total. The van der Waals surface area contributed by atoms with Crippen LogP contribution in [0.2, 0.25) is 0 Å². The molecule has 0 saturated heterocycles. The topological polar surface area (TPSA) is 83.9 Å².